The van der Waals surface area contributed by atoms with Gasteiger partial charge >= 0.3 is 5.97 Å². The van der Waals surface area contributed by atoms with Crippen LogP contribution in [0.15, 0.2) is 41.2 Å². The molecule has 2 heterocycles. The van der Waals surface area contributed by atoms with Gasteiger partial charge < -0.3 is 9.47 Å². The molecule has 164 valence electrons. The Morgan fingerprint density at radius 2 is 1.84 bits per heavy atom. The first-order chi connectivity index (χ1) is 15.4. The summed E-state index contributed by atoms with van der Waals surface area (Å²) in [5.41, 5.74) is 3.10. The van der Waals surface area contributed by atoms with Gasteiger partial charge in [-0.3, -0.25) is 9.59 Å². The average molecular weight is 450 g/mol. The highest BCUT2D eigenvalue weighted by atomic mass is 32.1. The number of carbonyl (C=O) groups is 1. The second-order valence-electron chi connectivity index (χ2n) is 7.50. The summed E-state index contributed by atoms with van der Waals surface area (Å²) in [7, 11) is 0. The molecular weight excluding hydrogens is 426 g/mol. The van der Waals surface area contributed by atoms with Crippen LogP contribution in [0.3, 0.4) is 0 Å². The van der Waals surface area contributed by atoms with Crippen LogP contribution >= 0.6 is 11.3 Å². The summed E-state index contributed by atoms with van der Waals surface area (Å²) in [6.45, 7) is 7.84. The first-order valence-electron chi connectivity index (χ1n) is 10.3. The monoisotopic (exact) mass is 449 g/mol. The lowest BCUT2D eigenvalue weighted by Crippen LogP contribution is -2.23. The summed E-state index contributed by atoms with van der Waals surface area (Å²) in [6, 6.07) is 11.3. The molecule has 2 aromatic heterocycles. The van der Waals surface area contributed by atoms with Crippen molar-refractivity contribution in [2.75, 3.05) is 6.61 Å². The first-order valence-corrected chi connectivity index (χ1v) is 11.1. The Labute approximate surface area is 188 Å². The largest absolute Gasteiger partial charge is 0.494 e. The minimum absolute atomic E-state index is 0.217. The number of nitrogens with zero attached hydrogens (tertiary/aromatic N) is 3. The normalized spacial score (nSPS) is 11.8. The third-order valence-electron chi connectivity index (χ3n) is 4.79. The van der Waals surface area contributed by atoms with Gasteiger partial charge in [-0.2, -0.15) is 9.50 Å². The minimum atomic E-state index is -0.362. The van der Waals surface area contributed by atoms with Gasteiger partial charge in [0.15, 0.2) is 5.82 Å². The molecule has 2 aromatic carbocycles. The summed E-state index contributed by atoms with van der Waals surface area (Å²) in [6.07, 6.45) is 2.75. The molecule has 0 aliphatic carbocycles. The van der Waals surface area contributed by atoms with Crippen molar-refractivity contribution in [2.45, 2.75) is 34.1 Å². The number of aromatic nitrogens is 3. The van der Waals surface area contributed by atoms with Crippen molar-refractivity contribution >= 4 is 28.3 Å². The van der Waals surface area contributed by atoms with Crippen LogP contribution in [0.5, 0.6) is 11.5 Å². The minimum Gasteiger partial charge on any atom is -0.494 e. The highest BCUT2D eigenvalue weighted by Crippen LogP contribution is 2.25. The van der Waals surface area contributed by atoms with Gasteiger partial charge in [-0.1, -0.05) is 18.3 Å². The van der Waals surface area contributed by atoms with Crippen molar-refractivity contribution < 1.29 is 14.3 Å². The van der Waals surface area contributed by atoms with E-state index in [0.29, 0.717) is 27.7 Å². The van der Waals surface area contributed by atoms with E-state index in [2.05, 4.69) is 17.0 Å². The molecule has 0 atom stereocenters. The van der Waals surface area contributed by atoms with Gasteiger partial charge in [0.25, 0.3) is 5.56 Å². The summed E-state index contributed by atoms with van der Waals surface area (Å²) < 4.78 is 12.7. The number of thiazole rings is 1. The number of rotatable bonds is 6. The first kappa shape index (κ1) is 21.7. The molecule has 0 bridgehead atoms. The van der Waals surface area contributed by atoms with Crippen LogP contribution in [0.2, 0.25) is 0 Å². The van der Waals surface area contributed by atoms with Gasteiger partial charge in [0.05, 0.1) is 11.1 Å². The fourth-order valence-corrected chi connectivity index (χ4v) is 4.31. The maximum absolute atomic E-state index is 12.9. The molecule has 0 fully saturated rings. The fraction of sp³-hybridized carbons (Fsp3) is 0.250. The van der Waals surface area contributed by atoms with Gasteiger partial charge in [-0.15, -0.1) is 5.10 Å². The molecule has 0 spiro atoms. The van der Waals surface area contributed by atoms with Crippen molar-refractivity contribution in [3.8, 4) is 22.9 Å². The molecule has 8 heteroatoms. The summed E-state index contributed by atoms with van der Waals surface area (Å²) in [4.78, 5) is 29.3. The number of hydrogen-bond donors (Lipinski definition) is 0. The zero-order chi connectivity index (χ0) is 22.8. The molecule has 7 nitrogen and oxygen atoms in total. The van der Waals surface area contributed by atoms with Crippen LogP contribution in [0.1, 0.15) is 37.0 Å². The van der Waals surface area contributed by atoms with Crippen molar-refractivity contribution in [1.82, 2.24) is 14.6 Å². The number of aryl methyl sites for hydroxylation is 2. The Hall–Kier alpha value is -3.52. The third-order valence-corrected chi connectivity index (χ3v) is 5.75. The van der Waals surface area contributed by atoms with E-state index in [4.69, 9.17) is 9.47 Å². The van der Waals surface area contributed by atoms with Crippen LogP contribution in [0, 0.1) is 13.8 Å². The number of ether oxygens (including phenoxy) is 2. The number of fused-ring (bicyclic) bond motifs is 1. The van der Waals surface area contributed by atoms with Crippen LogP contribution in [0.25, 0.3) is 22.4 Å². The van der Waals surface area contributed by atoms with E-state index >= 15 is 0 Å². The molecular formula is C24H23N3O4S. The molecule has 32 heavy (non-hydrogen) atoms. The van der Waals surface area contributed by atoms with Crippen LogP contribution in [-0.2, 0) is 4.79 Å². The molecule has 0 amide bonds. The van der Waals surface area contributed by atoms with E-state index < -0.39 is 0 Å². The SMILES string of the molecule is CCCOc1ccc(-c2nc3s/c(=C\c4cc(C)c(OC(C)=O)c(C)c4)c(=O)n3n2)cc1. The number of benzene rings is 2. The zero-order valence-corrected chi connectivity index (χ0v) is 19.2. The van der Waals surface area contributed by atoms with Crippen molar-refractivity contribution in [1.29, 1.82) is 0 Å². The predicted octanol–water partition coefficient (Wildman–Crippen LogP) is 3.70. The maximum Gasteiger partial charge on any atom is 0.308 e. The fourth-order valence-electron chi connectivity index (χ4n) is 3.40. The predicted molar refractivity (Wildman–Crippen MR) is 124 cm³/mol. The Balaban J connectivity index is 1.65. The van der Waals surface area contributed by atoms with Crippen LogP contribution in [0.4, 0.5) is 0 Å². The van der Waals surface area contributed by atoms with Crippen molar-refractivity contribution in [2.24, 2.45) is 0 Å². The van der Waals surface area contributed by atoms with Crippen molar-refractivity contribution in [3.05, 3.63) is 68.0 Å². The third kappa shape index (κ3) is 4.40. The number of hydrogen-bond acceptors (Lipinski definition) is 7. The Morgan fingerprint density at radius 3 is 2.44 bits per heavy atom. The zero-order valence-electron chi connectivity index (χ0n) is 18.3. The van der Waals surface area contributed by atoms with Gasteiger partial charge in [0.1, 0.15) is 11.5 Å². The highest BCUT2D eigenvalue weighted by molar-refractivity contribution is 7.15. The Kier molecular flexibility index (Phi) is 6.05. The summed E-state index contributed by atoms with van der Waals surface area (Å²) >= 11 is 1.29. The molecule has 0 N–H and O–H groups in total. The summed E-state index contributed by atoms with van der Waals surface area (Å²) in [5.74, 6) is 1.48. The molecule has 0 unspecified atom stereocenters. The molecule has 0 saturated carbocycles. The van der Waals surface area contributed by atoms with Crippen LogP contribution in [-0.4, -0.2) is 27.2 Å². The van der Waals surface area contributed by atoms with E-state index in [1.54, 1.807) is 6.08 Å². The van der Waals surface area contributed by atoms with E-state index in [9.17, 15) is 9.59 Å². The molecule has 0 aliphatic heterocycles. The standard InChI is InChI=1S/C24H23N3O4S/c1-5-10-30-19-8-6-18(7-9-19)22-25-24-27(26-22)23(29)20(32-24)13-17-11-14(2)21(15(3)12-17)31-16(4)28/h6-9,11-13H,5,10H2,1-4H3/b20-13-. The maximum atomic E-state index is 12.9. The summed E-state index contributed by atoms with van der Waals surface area (Å²) in [5, 5.41) is 4.40. The van der Waals surface area contributed by atoms with Gasteiger partial charge in [-0.05, 0) is 79.4 Å². The van der Waals surface area contributed by atoms with E-state index in [-0.39, 0.29) is 11.5 Å². The molecule has 0 saturated heterocycles. The molecule has 4 rings (SSSR count). The highest BCUT2D eigenvalue weighted by Gasteiger charge is 2.13. The molecule has 0 aliphatic rings. The van der Waals surface area contributed by atoms with Gasteiger partial charge in [0.2, 0.25) is 4.96 Å². The second-order valence-corrected chi connectivity index (χ2v) is 8.50. The number of carbonyl (C=O) groups excluding carboxylic acids is 1. The molecule has 0 radical (unpaired) electrons. The topological polar surface area (TPSA) is 82.8 Å². The van der Waals surface area contributed by atoms with Gasteiger partial charge in [0, 0.05) is 12.5 Å². The van der Waals surface area contributed by atoms with E-state index in [0.717, 1.165) is 34.4 Å². The lowest BCUT2D eigenvalue weighted by molar-refractivity contribution is -0.131. The average Bonchev–Trinajstić information content (AvgIpc) is 3.29. The van der Waals surface area contributed by atoms with Crippen molar-refractivity contribution in [3.63, 3.8) is 0 Å². The molecule has 4 aromatic rings. The Bertz CT molecular complexity index is 1380. The van der Waals surface area contributed by atoms with Crippen LogP contribution < -0.4 is 19.6 Å². The lowest BCUT2D eigenvalue weighted by atomic mass is 10.1. The quantitative estimate of drug-likeness (QED) is 0.330. The van der Waals surface area contributed by atoms with Gasteiger partial charge in [-0.25, -0.2) is 0 Å². The van der Waals surface area contributed by atoms with E-state index in [1.807, 2.05) is 50.2 Å². The second kappa shape index (κ2) is 8.92. The lowest BCUT2D eigenvalue weighted by Gasteiger charge is -2.10. The van der Waals surface area contributed by atoms with E-state index in [1.165, 1.54) is 22.8 Å². The smallest absolute Gasteiger partial charge is 0.308 e. The Morgan fingerprint density at radius 1 is 1.16 bits per heavy atom. The number of esters is 1.